The summed E-state index contributed by atoms with van der Waals surface area (Å²) in [6.07, 6.45) is 2.47. The predicted octanol–water partition coefficient (Wildman–Crippen LogP) is 5.41. The van der Waals surface area contributed by atoms with E-state index in [9.17, 15) is 4.79 Å². The molecule has 128 valence electrons. The van der Waals surface area contributed by atoms with E-state index in [-0.39, 0.29) is 5.91 Å². The molecule has 0 saturated carbocycles. The largest absolute Gasteiger partial charge is 0.496 e. The highest BCUT2D eigenvalue weighted by Crippen LogP contribution is 2.27. The van der Waals surface area contributed by atoms with Crippen LogP contribution in [0.5, 0.6) is 5.75 Å². The molecular weight excluding hydrogens is 424 g/mol. The number of halogens is 2. The molecule has 0 aliphatic rings. The number of ether oxygens (including phenoxy) is 1. The van der Waals surface area contributed by atoms with Gasteiger partial charge < -0.3 is 4.74 Å². The first-order valence-corrected chi connectivity index (χ1v) is 9.38. The van der Waals surface area contributed by atoms with Crippen molar-refractivity contribution in [2.45, 2.75) is 6.42 Å². The van der Waals surface area contributed by atoms with Gasteiger partial charge in [0.15, 0.2) is 5.13 Å². The van der Waals surface area contributed by atoms with Gasteiger partial charge in [-0.1, -0.05) is 29.8 Å². The van der Waals surface area contributed by atoms with Gasteiger partial charge in [-0.3, -0.25) is 10.1 Å². The van der Waals surface area contributed by atoms with Crippen LogP contribution in [0.2, 0.25) is 5.02 Å². The Morgan fingerprint density at radius 2 is 2.12 bits per heavy atom. The van der Waals surface area contributed by atoms with Gasteiger partial charge in [0.2, 0.25) is 0 Å². The summed E-state index contributed by atoms with van der Waals surface area (Å²) in [6.45, 7) is 0. The number of hydrogen-bond acceptors (Lipinski definition) is 4. The summed E-state index contributed by atoms with van der Waals surface area (Å²) in [5.74, 6) is 0.284. The number of anilines is 1. The predicted molar refractivity (Wildman–Crippen MR) is 105 cm³/mol. The molecule has 25 heavy (non-hydrogen) atoms. The number of carbonyl (C=O) groups is 1. The van der Waals surface area contributed by atoms with Crippen molar-refractivity contribution in [2.24, 2.45) is 0 Å². The molecule has 1 amide bonds. The van der Waals surface area contributed by atoms with E-state index in [0.717, 1.165) is 14.9 Å². The first kappa shape index (κ1) is 17.9. The second kappa shape index (κ2) is 7.99. The highest BCUT2D eigenvalue weighted by molar-refractivity contribution is 9.10. The van der Waals surface area contributed by atoms with Gasteiger partial charge in [-0.05, 0) is 45.8 Å². The van der Waals surface area contributed by atoms with Crippen LogP contribution in [0, 0.1) is 0 Å². The summed E-state index contributed by atoms with van der Waals surface area (Å²) in [5, 5.41) is 4.04. The van der Waals surface area contributed by atoms with Crippen LogP contribution in [0.1, 0.15) is 20.8 Å². The lowest BCUT2D eigenvalue weighted by molar-refractivity contribution is 0.102. The molecule has 0 spiro atoms. The van der Waals surface area contributed by atoms with Crippen molar-refractivity contribution in [1.82, 2.24) is 4.98 Å². The standard InChI is InChI=1S/C18H14BrClN2O2S/c1-24-16-5-3-2-4-13(16)17(23)22-18-21-10-12(25-18)8-11-6-7-14(19)15(20)9-11/h2-7,9-10H,8H2,1H3,(H,21,22,23). The molecule has 0 aliphatic carbocycles. The molecule has 1 N–H and O–H groups in total. The molecule has 0 atom stereocenters. The molecule has 0 fully saturated rings. The van der Waals surface area contributed by atoms with Crippen LogP contribution in [0.3, 0.4) is 0 Å². The lowest BCUT2D eigenvalue weighted by Gasteiger charge is -2.07. The molecule has 0 bridgehead atoms. The Bertz CT molecular complexity index is 914. The maximum Gasteiger partial charge on any atom is 0.261 e. The van der Waals surface area contributed by atoms with Gasteiger partial charge in [0, 0.05) is 22.0 Å². The van der Waals surface area contributed by atoms with Crippen LogP contribution in [-0.4, -0.2) is 18.0 Å². The summed E-state index contributed by atoms with van der Waals surface area (Å²) >= 11 is 10.9. The van der Waals surface area contributed by atoms with Gasteiger partial charge in [-0.2, -0.15) is 0 Å². The van der Waals surface area contributed by atoms with Gasteiger partial charge in [0.25, 0.3) is 5.91 Å². The molecule has 1 heterocycles. The minimum atomic E-state index is -0.245. The number of hydrogen-bond donors (Lipinski definition) is 1. The summed E-state index contributed by atoms with van der Waals surface area (Å²) < 4.78 is 6.08. The molecule has 7 heteroatoms. The molecular formula is C18H14BrClN2O2S. The Hall–Kier alpha value is -1.89. The van der Waals surface area contributed by atoms with Crippen LogP contribution in [0.4, 0.5) is 5.13 Å². The quantitative estimate of drug-likeness (QED) is 0.580. The van der Waals surface area contributed by atoms with Crippen molar-refractivity contribution in [2.75, 3.05) is 12.4 Å². The summed E-state index contributed by atoms with van der Waals surface area (Å²) in [7, 11) is 1.54. The summed E-state index contributed by atoms with van der Waals surface area (Å²) in [5.41, 5.74) is 1.56. The SMILES string of the molecule is COc1ccccc1C(=O)Nc1ncc(Cc2ccc(Br)c(Cl)c2)s1. The number of rotatable bonds is 5. The third kappa shape index (κ3) is 4.39. The van der Waals surface area contributed by atoms with E-state index in [1.54, 1.807) is 24.4 Å². The molecule has 4 nitrogen and oxygen atoms in total. The van der Waals surface area contributed by atoms with E-state index in [1.807, 2.05) is 24.3 Å². The van der Waals surface area contributed by atoms with E-state index in [0.29, 0.717) is 27.9 Å². The Morgan fingerprint density at radius 1 is 1.32 bits per heavy atom. The number of benzene rings is 2. The topological polar surface area (TPSA) is 51.2 Å². The average Bonchev–Trinajstić information content (AvgIpc) is 3.05. The zero-order valence-electron chi connectivity index (χ0n) is 13.3. The number of nitrogens with one attached hydrogen (secondary N) is 1. The van der Waals surface area contributed by atoms with Gasteiger partial charge in [-0.25, -0.2) is 4.98 Å². The van der Waals surface area contributed by atoms with Crippen molar-refractivity contribution in [3.63, 3.8) is 0 Å². The Balaban J connectivity index is 1.71. The highest BCUT2D eigenvalue weighted by atomic mass is 79.9. The number of methoxy groups -OCH3 is 1. The second-order valence-corrected chi connectivity index (χ2v) is 7.59. The van der Waals surface area contributed by atoms with Crippen molar-refractivity contribution in [3.8, 4) is 5.75 Å². The lowest BCUT2D eigenvalue weighted by atomic mass is 10.1. The Labute approximate surface area is 162 Å². The number of carbonyl (C=O) groups excluding carboxylic acids is 1. The second-order valence-electron chi connectivity index (χ2n) is 5.21. The van der Waals surface area contributed by atoms with Crippen LogP contribution < -0.4 is 10.1 Å². The summed E-state index contributed by atoms with van der Waals surface area (Å²) in [4.78, 5) is 17.7. The first-order chi connectivity index (χ1) is 12.1. The maximum atomic E-state index is 12.4. The number of para-hydroxylation sites is 1. The minimum absolute atomic E-state index is 0.245. The maximum absolute atomic E-state index is 12.4. The van der Waals surface area contributed by atoms with E-state index < -0.39 is 0 Å². The van der Waals surface area contributed by atoms with Crippen LogP contribution in [0.15, 0.2) is 53.1 Å². The molecule has 3 rings (SSSR count). The summed E-state index contributed by atoms with van der Waals surface area (Å²) in [6, 6.07) is 12.9. The van der Waals surface area contributed by atoms with Gasteiger partial charge >= 0.3 is 0 Å². The van der Waals surface area contributed by atoms with E-state index in [4.69, 9.17) is 16.3 Å². The number of thiazole rings is 1. The van der Waals surface area contributed by atoms with Gasteiger partial charge in [0.1, 0.15) is 5.75 Å². The van der Waals surface area contributed by atoms with E-state index >= 15 is 0 Å². The smallest absolute Gasteiger partial charge is 0.261 e. The van der Waals surface area contributed by atoms with Gasteiger partial charge in [-0.15, -0.1) is 11.3 Å². The molecule has 0 radical (unpaired) electrons. The fourth-order valence-electron chi connectivity index (χ4n) is 2.29. The highest BCUT2D eigenvalue weighted by Gasteiger charge is 2.13. The van der Waals surface area contributed by atoms with Gasteiger partial charge in [0.05, 0.1) is 17.7 Å². The van der Waals surface area contributed by atoms with Crippen LogP contribution in [-0.2, 0) is 6.42 Å². The molecule has 1 aromatic heterocycles. The molecule has 3 aromatic rings. The lowest BCUT2D eigenvalue weighted by Crippen LogP contribution is -2.12. The number of nitrogens with zero attached hydrogens (tertiary/aromatic N) is 1. The van der Waals surface area contributed by atoms with Crippen molar-refractivity contribution >= 4 is 49.9 Å². The first-order valence-electron chi connectivity index (χ1n) is 7.40. The van der Waals surface area contributed by atoms with Crippen LogP contribution >= 0.6 is 38.9 Å². The van der Waals surface area contributed by atoms with E-state index in [2.05, 4.69) is 26.2 Å². The number of aromatic nitrogens is 1. The third-order valence-corrected chi connectivity index (χ3v) is 5.63. The zero-order chi connectivity index (χ0) is 17.8. The van der Waals surface area contributed by atoms with Crippen LogP contribution in [0.25, 0.3) is 0 Å². The zero-order valence-corrected chi connectivity index (χ0v) is 16.4. The van der Waals surface area contributed by atoms with Crippen molar-refractivity contribution < 1.29 is 9.53 Å². The van der Waals surface area contributed by atoms with E-state index in [1.165, 1.54) is 18.4 Å². The normalized spacial score (nSPS) is 10.5. The molecule has 0 aliphatic heterocycles. The number of amides is 1. The third-order valence-electron chi connectivity index (χ3n) is 3.49. The monoisotopic (exact) mass is 436 g/mol. The molecule has 0 unspecified atom stereocenters. The fraction of sp³-hybridized carbons (Fsp3) is 0.111. The molecule has 0 saturated heterocycles. The minimum Gasteiger partial charge on any atom is -0.496 e. The average molecular weight is 438 g/mol. The van der Waals surface area contributed by atoms with Crippen molar-refractivity contribution in [3.05, 3.63) is 74.2 Å². The molecule has 2 aromatic carbocycles. The Morgan fingerprint density at radius 3 is 2.88 bits per heavy atom. The Kier molecular flexibility index (Phi) is 5.73. The van der Waals surface area contributed by atoms with Crippen molar-refractivity contribution in [1.29, 1.82) is 0 Å². The fourth-order valence-corrected chi connectivity index (χ4v) is 3.59.